The standard InChI is InChI=1S/C13H20ClFN2.ClH/c1-13(2,8-16)9-17(3)7-10-11(14)5-4-6-12(10)15;/h4-6H,7-9,16H2,1-3H3;1H. The fraction of sp³-hybridized carbons (Fsp3) is 0.538. The van der Waals surface area contributed by atoms with Gasteiger partial charge < -0.3 is 10.6 Å². The third-order valence-corrected chi connectivity index (χ3v) is 3.09. The van der Waals surface area contributed by atoms with Crippen LogP contribution < -0.4 is 5.73 Å². The molecule has 104 valence electrons. The first-order chi connectivity index (χ1) is 7.85. The normalized spacial score (nSPS) is 11.5. The van der Waals surface area contributed by atoms with Crippen molar-refractivity contribution in [3.8, 4) is 0 Å². The van der Waals surface area contributed by atoms with E-state index in [2.05, 4.69) is 13.8 Å². The van der Waals surface area contributed by atoms with Crippen LogP contribution >= 0.6 is 24.0 Å². The van der Waals surface area contributed by atoms with Crippen molar-refractivity contribution < 1.29 is 4.39 Å². The molecule has 2 nitrogen and oxygen atoms in total. The molecule has 0 unspecified atom stereocenters. The maximum atomic E-state index is 13.6. The van der Waals surface area contributed by atoms with Gasteiger partial charge in [0.2, 0.25) is 0 Å². The number of halogens is 3. The van der Waals surface area contributed by atoms with Crippen molar-refractivity contribution in [2.75, 3.05) is 20.1 Å². The molecular weight excluding hydrogens is 274 g/mol. The van der Waals surface area contributed by atoms with Crippen molar-refractivity contribution in [1.29, 1.82) is 0 Å². The van der Waals surface area contributed by atoms with Crippen molar-refractivity contribution in [3.05, 3.63) is 34.6 Å². The van der Waals surface area contributed by atoms with Crippen LogP contribution in [0.3, 0.4) is 0 Å². The monoisotopic (exact) mass is 294 g/mol. The lowest BCUT2D eigenvalue weighted by molar-refractivity contribution is 0.208. The first-order valence-corrected chi connectivity index (χ1v) is 6.05. The Bertz CT molecular complexity index is 363. The summed E-state index contributed by atoms with van der Waals surface area (Å²) in [5.41, 5.74) is 6.25. The van der Waals surface area contributed by atoms with Crippen LogP contribution in [0.25, 0.3) is 0 Å². The zero-order valence-corrected chi connectivity index (χ0v) is 12.6. The largest absolute Gasteiger partial charge is 0.330 e. The SMILES string of the molecule is CN(Cc1c(F)cccc1Cl)CC(C)(C)CN.Cl. The Morgan fingerprint density at radius 1 is 1.39 bits per heavy atom. The van der Waals surface area contributed by atoms with E-state index < -0.39 is 0 Å². The molecule has 1 rings (SSSR count). The molecule has 1 aromatic rings. The highest BCUT2D eigenvalue weighted by Gasteiger charge is 2.19. The fourth-order valence-corrected chi connectivity index (χ4v) is 2.03. The second kappa shape index (κ2) is 7.29. The van der Waals surface area contributed by atoms with Gasteiger partial charge in [-0.3, -0.25) is 0 Å². The zero-order valence-electron chi connectivity index (χ0n) is 11.0. The fourth-order valence-electron chi connectivity index (χ4n) is 1.80. The van der Waals surface area contributed by atoms with E-state index in [-0.39, 0.29) is 23.6 Å². The number of nitrogens with zero attached hydrogens (tertiary/aromatic N) is 1. The minimum absolute atomic E-state index is 0. The predicted molar refractivity (Wildman–Crippen MR) is 77.8 cm³/mol. The van der Waals surface area contributed by atoms with Crippen LogP contribution in [0.5, 0.6) is 0 Å². The molecule has 0 atom stereocenters. The topological polar surface area (TPSA) is 29.3 Å². The molecule has 1 aromatic carbocycles. The summed E-state index contributed by atoms with van der Waals surface area (Å²) >= 11 is 5.99. The smallest absolute Gasteiger partial charge is 0.129 e. The lowest BCUT2D eigenvalue weighted by Gasteiger charge is -2.29. The highest BCUT2D eigenvalue weighted by molar-refractivity contribution is 6.31. The summed E-state index contributed by atoms with van der Waals surface area (Å²) in [4.78, 5) is 2.04. The van der Waals surface area contributed by atoms with E-state index in [4.69, 9.17) is 17.3 Å². The Kier molecular flexibility index (Phi) is 7.15. The van der Waals surface area contributed by atoms with Crippen LogP contribution in [0.15, 0.2) is 18.2 Å². The van der Waals surface area contributed by atoms with Gasteiger partial charge in [-0.05, 0) is 31.1 Å². The van der Waals surface area contributed by atoms with Gasteiger partial charge in [0.1, 0.15) is 5.82 Å². The molecule has 0 radical (unpaired) electrons. The van der Waals surface area contributed by atoms with Gasteiger partial charge in [0.05, 0.1) is 0 Å². The van der Waals surface area contributed by atoms with Gasteiger partial charge in [0, 0.05) is 23.7 Å². The Balaban J connectivity index is 0.00000289. The maximum Gasteiger partial charge on any atom is 0.129 e. The maximum absolute atomic E-state index is 13.6. The van der Waals surface area contributed by atoms with E-state index in [0.717, 1.165) is 6.54 Å². The van der Waals surface area contributed by atoms with Crippen LogP contribution in [0.2, 0.25) is 5.02 Å². The summed E-state index contributed by atoms with van der Waals surface area (Å²) in [5.74, 6) is -0.255. The average molecular weight is 295 g/mol. The first-order valence-electron chi connectivity index (χ1n) is 5.67. The lowest BCUT2D eigenvalue weighted by Crippen LogP contribution is -2.36. The summed E-state index contributed by atoms with van der Waals surface area (Å²) in [6, 6.07) is 4.76. The lowest BCUT2D eigenvalue weighted by atomic mass is 9.93. The van der Waals surface area contributed by atoms with E-state index in [1.807, 2.05) is 11.9 Å². The van der Waals surface area contributed by atoms with E-state index >= 15 is 0 Å². The molecule has 0 heterocycles. The van der Waals surface area contributed by atoms with Crippen molar-refractivity contribution in [3.63, 3.8) is 0 Å². The molecule has 0 aromatic heterocycles. The number of rotatable bonds is 5. The second-order valence-corrected chi connectivity index (χ2v) is 5.65. The molecule has 0 bridgehead atoms. The van der Waals surface area contributed by atoms with Crippen LogP contribution in [0, 0.1) is 11.2 Å². The van der Waals surface area contributed by atoms with Gasteiger partial charge in [-0.15, -0.1) is 12.4 Å². The average Bonchev–Trinajstić information content (AvgIpc) is 2.23. The summed E-state index contributed by atoms with van der Waals surface area (Å²) < 4.78 is 13.6. The summed E-state index contributed by atoms with van der Waals surface area (Å²) in [7, 11) is 1.94. The van der Waals surface area contributed by atoms with Gasteiger partial charge in [-0.2, -0.15) is 0 Å². The number of nitrogens with two attached hydrogens (primary N) is 1. The number of benzene rings is 1. The van der Waals surface area contributed by atoms with E-state index in [1.165, 1.54) is 6.07 Å². The van der Waals surface area contributed by atoms with E-state index in [9.17, 15) is 4.39 Å². The van der Waals surface area contributed by atoms with Gasteiger partial charge in [0.25, 0.3) is 0 Å². The van der Waals surface area contributed by atoms with Crippen molar-refractivity contribution in [2.45, 2.75) is 20.4 Å². The Morgan fingerprint density at radius 3 is 2.50 bits per heavy atom. The molecule has 0 amide bonds. The minimum atomic E-state index is -0.255. The van der Waals surface area contributed by atoms with E-state index in [1.54, 1.807) is 12.1 Å². The number of hydrogen-bond donors (Lipinski definition) is 1. The van der Waals surface area contributed by atoms with Crippen molar-refractivity contribution >= 4 is 24.0 Å². The van der Waals surface area contributed by atoms with Crippen LogP contribution in [-0.4, -0.2) is 25.0 Å². The van der Waals surface area contributed by atoms with Crippen LogP contribution in [0.4, 0.5) is 4.39 Å². The van der Waals surface area contributed by atoms with Gasteiger partial charge in [-0.25, -0.2) is 4.39 Å². The zero-order chi connectivity index (χ0) is 13.1. The van der Waals surface area contributed by atoms with Gasteiger partial charge in [-0.1, -0.05) is 31.5 Å². The molecule has 2 N–H and O–H groups in total. The van der Waals surface area contributed by atoms with E-state index in [0.29, 0.717) is 23.7 Å². The van der Waals surface area contributed by atoms with Crippen LogP contribution in [-0.2, 0) is 6.54 Å². The molecular formula is C13H21Cl2FN2. The third kappa shape index (κ3) is 5.11. The molecule has 0 aliphatic rings. The Hall–Kier alpha value is -0.350. The molecule has 0 aliphatic heterocycles. The highest BCUT2D eigenvalue weighted by Crippen LogP contribution is 2.22. The third-order valence-electron chi connectivity index (χ3n) is 2.74. The molecule has 5 heteroatoms. The molecule has 0 fully saturated rings. The molecule has 0 spiro atoms. The molecule has 0 aliphatic carbocycles. The van der Waals surface area contributed by atoms with Crippen molar-refractivity contribution in [1.82, 2.24) is 4.90 Å². The molecule has 0 saturated heterocycles. The van der Waals surface area contributed by atoms with Crippen molar-refractivity contribution in [2.24, 2.45) is 11.1 Å². The first kappa shape index (κ1) is 17.6. The predicted octanol–water partition coefficient (Wildman–Crippen LogP) is 3.32. The van der Waals surface area contributed by atoms with Gasteiger partial charge in [0.15, 0.2) is 0 Å². The quantitative estimate of drug-likeness (QED) is 0.903. The molecule has 0 saturated carbocycles. The highest BCUT2D eigenvalue weighted by atomic mass is 35.5. The summed E-state index contributed by atoms with van der Waals surface area (Å²) in [6.45, 7) is 6.07. The Labute approximate surface area is 120 Å². The molecule has 18 heavy (non-hydrogen) atoms. The number of hydrogen-bond acceptors (Lipinski definition) is 2. The summed E-state index contributed by atoms with van der Waals surface area (Å²) in [5, 5.41) is 0.474. The van der Waals surface area contributed by atoms with Crippen LogP contribution in [0.1, 0.15) is 19.4 Å². The minimum Gasteiger partial charge on any atom is -0.330 e. The van der Waals surface area contributed by atoms with Gasteiger partial charge >= 0.3 is 0 Å². The Morgan fingerprint density at radius 2 is 2.00 bits per heavy atom. The summed E-state index contributed by atoms with van der Waals surface area (Å²) in [6.07, 6.45) is 0. The second-order valence-electron chi connectivity index (χ2n) is 5.24.